The third kappa shape index (κ3) is 3.83. The average Bonchev–Trinajstić information content (AvgIpc) is 3.15. The molecular weight excluding hydrogens is 410 g/mol. The first-order valence-corrected chi connectivity index (χ1v) is 10.2. The summed E-state index contributed by atoms with van der Waals surface area (Å²) in [6.45, 7) is 0.940. The van der Waals surface area contributed by atoms with Crippen molar-refractivity contribution >= 4 is 28.7 Å². The molecule has 1 fully saturated rings. The van der Waals surface area contributed by atoms with Crippen LogP contribution >= 0.6 is 0 Å². The second kappa shape index (κ2) is 8.59. The first kappa shape index (κ1) is 21.2. The van der Waals surface area contributed by atoms with Crippen molar-refractivity contribution in [3.05, 3.63) is 53.3 Å². The fourth-order valence-electron chi connectivity index (χ4n) is 4.26. The van der Waals surface area contributed by atoms with E-state index in [1.54, 1.807) is 31.5 Å². The number of hydrogen-bond acceptors (Lipinski definition) is 5. The number of ether oxygens (including phenoxy) is 1. The number of piperidine rings is 1. The van der Waals surface area contributed by atoms with E-state index in [4.69, 9.17) is 10.00 Å². The molecule has 32 heavy (non-hydrogen) atoms. The van der Waals surface area contributed by atoms with Gasteiger partial charge in [-0.3, -0.25) is 4.79 Å². The van der Waals surface area contributed by atoms with E-state index >= 15 is 0 Å². The number of aryl methyl sites for hydroxylation is 1. The van der Waals surface area contributed by atoms with E-state index < -0.39 is 6.09 Å². The van der Waals surface area contributed by atoms with Crippen LogP contribution in [-0.4, -0.2) is 51.8 Å². The highest BCUT2D eigenvalue weighted by Gasteiger charge is 2.28. The summed E-state index contributed by atoms with van der Waals surface area (Å²) in [6, 6.07) is 8.49. The van der Waals surface area contributed by atoms with E-state index in [0.717, 1.165) is 16.6 Å². The Labute approximate surface area is 184 Å². The molecule has 0 radical (unpaired) electrons. The number of fused-ring (bicyclic) bond motifs is 1. The summed E-state index contributed by atoms with van der Waals surface area (Å²) in [5.41, 5.74) is 2.95. The number of methoxy groups -OCH3 is 1. The maximum atomic E-state index is 12.8. The number of benzene rings is 1. The molecule has 3 heterocycles. The number of pyridine rings is 1. The molecule has 1 aliphatic rings. The van der Waals surface area contributed by atoms with Crippen LogP contribution in [0.2, 0.25) is 0 Å². The SMILES string of the molecule is COc1c(NC(=O)c2cccc(C#N)c2)cnc2c1c(C1CCN(C(=O)O)CC1)cn2C. The number of carbonyl (C=O) groups is 2. The summed E-state index contributed by atoms with van der Waals surface area (Å²) in [5, 5.41) is 22.0. The van der Waals surface area contributed by atoms with Gasteiger partial charge in [-0.2, -0.15) is 5.26 Å². The van der Waals surface area contributed by atoms with E-state index in [-0.39, 0.29) is 11.8 Å². The van der Waals surface area contributed by atoms with Crippen LogP contribution in [0.1, 0.15) is 40.2 Å². The van der Waals surface area contributed by atoms with Gasteiger partial charge >= 0.3 is 6.09 Å². The number of carboxylic acid groups (broad SMARTS) is 1. The maximum absolute atomic E-state index is 12.8. The lowest BCUT2D eigenvalue weighted by Crippen LogP contribution is -2.36. The number of nitriles is 1. The number of nitrogens with zero attached hydrogens (tertiary/aromatic N) is 4. The van der Waals surface area contributed by atoms with E-state index in [1.807, 2.05) is 23.9 Å². The van der Waals surface area contributed by atoms with Crippen LogP contribution < -0.4 is 10.1 Å². The van der Waals surface area contributed by atoms with Gasteiger partial charge in [-0.1, -0.05) is 6.07 Å². The van der Waals surface area contributed by atoms with Crippen molar-refractivity contribution in [2.24, 2.45) is 7.05 Å². The zero-order chi connectivity index (χ0) is 22.8. The molecule has 9 heteroatoms. The van der Waals surface area contributed by atoms with Crippen LogP contribution in [0.4, 0.5) is 10.5 Å². The number of aromatic nitrogens is 2. The molecule has 2 N–H and O–H groups in total. The molecule has 0 bridgehead atoms. The number of rotatable bonds is 4. The van der Waals surface area contributed by atoms with Crippen LogP contribution in [0.25, 0.3) is 11.0 Å². The number of amides is 2. The Balaban J connectivity index is 1.69. The van der Waals surface area contributed by atoms with Gasteiger partial charge in [-0.05, 0) is 42.5 Å². The third-order valence-corrected chi connectivity index (χ3v) is 5.88. The molecule has 2 amide bonds. The Morgan fingerprint density at radius 2 is 2.06 bits per heavy atom. The highest BCUT2D eigenvalue weighted by molar-refractivity contribution is 6.07. The van der Waals surface area contributed by atoms with Crippen molar-refractivity contribution in [1.82, 2.24) is 14.5 Å². The predicted octanol–water partition coefficient (Wildman–Crippen LogP) is 3.56. The van der Waals surface area contributed by atoms with Crippen LogP contribution in [0, 0.1) is 11.3 Å². The van der Waals surface area contributed by atoms with Gasteiger partial charge in [0, 0.05) is 31.9 Å². The van der Waals surface area contributed by atoms with Gasteiger partial charge < -0.3 is 24.6 Å². The van der Waals surface area contributed by atoms with E-state index in [2.05, 4.69) is 10.3 Å². The highest BCUT2D eigenvalue weighted by Crippen LogP contribution is 2.41. The van der Waals surface area contributed by atoms with Gasteiger partial charge in [0.05, 0.1) is 30.3 Å². The molecule has 0 saturated carbocycles. The lowest BCUT2D eigenvalue weighted by molar-refractivity contribution is 0.102. The van der Waals surface area contributed by atoms with Gasteiger partial charge in [0.2, 0.25) is 0 Å². The second-order valence-electron chi connectivity index (χ2n) is 7.79. The number of hydrogen-bond donors (Lipinski definition) is 2. The first-order chi connectivity index (χ1) is 15.4. The normalized spacial score (nSPS) is 14.2. The van der Waals surface area contributed by atoms with Crippen molar-refractivity contribution in [3.63, 3.8) is 0 Å². The van der Waals surface area contributed by atoms with Crippen molar-refractivity contribution in [2.45, 2.75) is 18.8 Å². The zero-order valence-electron chi connectivity index (χ0n) is 17.8. The molecule has 2 aromatic heterocycles. The Bertz CT molecular complexity index is 1240. The Kier molecular flexibility index (Phi) is 5.69. The summed E-state index contributed by atoms with van der Waals surface area (Å²) < 4.78 is 7.63. The van der Waals surface area contributed by atoms with Crippen LogP contribution in [-0.2, 0) is 7.05 Å². The van der Waals surface area contributed by atoms with Crippen LogP contribution in [0.5, 0.6) is 5.75 Å². The fourth-order valence-corrected chi connectivity index (χ4v) is 4.26. The number of carbonyl (C=O) groups excluding carboxylic acids is 1. The quantitative estimate of drug-likeness (QED) is 0.649. The topological polar surface area (TPSA) is 120 Å². The Hall–Kier alpha value is -4.06. The van der Waals surface area contributed by atoms with Crippen molar-refractivity contribution < 1.29 is 19.4 Å². The number of nitrogens with one attached hydrogen (secondary N) is 1. The van der Waals surface area contributed by atoms with E-state index in [1.165, 1.54) is 11.0 Å². The van der Waals surface area contributed by atoms with Crippen LogP contribution in [0.3, 0.4) is 0 Å². The fraction of sp³-hybridized carbons (Fsp3) is 0.304. The van der Waals surface area contributed by atoms with Crippen molar-refractivity contribution in [3.8, 4) is 11.8 Å². The molecule has 0 spiro atoms. The lowest BCUT2D eigenvalue weighted by atomic mass is 9.89. The lowest BCUT2D eigenvalue weighted by Gasteiger charge is -2.30. The van der Waals surface area contributed by atoms with Gasteiger partial charge in [0.15, 0.2) is 5.75 Å². The van der Waals surface area contributed by atoms with Gasteiger partial charge in [0.1, 0.15) is 11.3 Å². The molecule has 4 rings (SSSR count). The molecule has 0 unspecified atom stereocenters. The van der Waals surface area contributed by atoms with E-state index in [0.29, 0.717) is 48.5 Å². The summed E-state index contributed by atoms with van der Waals surface area (Å²) in [4.78, 5) is 30.0. The Morgan fingerprint density at radius 1 is 1.31 bits per heavy atom. The van der Waals surface area contributed by atoms with Crippen molar-refractivity contribution in [2.75, 3.05) is 25.5 Å². The maximum Gasteiger partial charge on any atom is 0.407 e. The molecule has 0 aliphatic carbocycles. The first-order valence-electron chi connectivity index (χ1n) is 10.2. The monoisotopic (exact) mass is 433 g/mol. The minimum atomic E-state index is -0.897. The molecule has 0 atom stereocenters. The third-order valence-electron chi connectivity index (χ3n) is 5.88. The number of anilines is 1. The minimum Gasteiger partial charge on any atom is -0.494 e. The minimum absolute atomic E-state index is 0.156. The van der Waals surface area contributed by atoms with Gasteiger partial charge in [-0.25, -0.2) is 9.78 Å². The molecule has 1 aliphatic heterocycles. The largest absolute Gasteiger partial charge is 0.494 e. The number of likely N-dealkylation sites (tertiary alicyclic amines) is 1. The van der Waals surface area contributed by atoms with Crippen molar-refractivity contribution in [1.29, 1.82) is 5.26 Å². The van der Waals surface area contributed by atoms with Gasteiger partial charge in [-0.15, -0.1) is 0 Å². The smallest absolute Gasteiger partial charge is 0.407 e. The highest BCUT2D eigenvalue weighted by atomic mass is 16.5. The molecule has 1 saturated heterocycles. The standard InChI is InChI=1S/C23H23N5O4/c1-27-13-17(15-6-8-28(9-7-15)23(30)31)19-20(32-2)18(12-25-21(19)27)26-22(29)16-5-3-4-14(10-16)11-24/h3-5,10,12-13,15H,6-9H2,1-2H3,(H,26,29)(H,30,31). The molecule has 3 aromatic rings. The summed E-state index contributed by atoms with van der Waals surface area (Å²) in [7, 11) is 3.45. The Morgan fingerprint density at radius 3 is 2.72 bits per heavy atom. The molecule has 9 nitrogen and oxygen atoms in total. The molecule has 1 aromatic carbocycles. The summed E-state index contributed by atoms with van der Waals surface area (Å²) in [5.74, 6) is 0.299. The summed E-state index contributed by atoms with van der Waals surface area (Å²) >= 11 is 0. The average molecular weight is 433 g/mol. The molecule has 164 valence electrons. The predicted molar refractivity (Wildman–Crippen MR) is 118 cm³/mol. The summed E-state index contributed by atoms with van der Waals surface area (Å²) in [6.07, 6.45) is 4.07. The van der Waals surface area contributed by atoms with Gasteiger partial charge in [0.25, 0.3) is 5.91 Å². The van der Waals surface area contributed by atoms with E-state index in [9.17, 15) is 14.7 Å². The second-order valence-corrected chi connectivity index (χ2v) is 7.79. The molecular formula is C23H23N5O4. The zero-order valence-corrected chi connectivity index (χ0v) is 17.8. The van der Waals surface area contributed by atoms with Crippen LogP contribution in [0.15, 0.2) is 36.7 Å².